The molecule has 3 heterocycles. The summed E-state index contributed by atoms with van der Waals surface area (Å²) < 4.78 is 1.11. The fourth-order valence-electron chi connectivity index (χ4n) is 3.64. The molecule has 0 unspecified atom stereocenters. The van der Waals surface area contributed by atoms with E-state index in [-0.39, 0.29) is 5.91 Å². The smallest absolute Gasteiger partial charge is 0.265 e. The number of carbonyl (C=O) groups is 1. The van der Waals surface area contributed by atoms with Crippen LogP contribution < -0.4 is 15.5 Å². The first-order valence-electron chi connectivity index (χ1n) is 9.99. The Morgan fingerprint density at radius 2 is 1.73 bits per heavy atom. The van der Waals surface area contributed by atoms with E-state index in [1.807, 2.05) is 66.9 Å². The maximum absolute atomic E-state index is 12.6. The number of hydrogen-bond acceptors (Lipinski definition) is 6. The molecule has 150 valence electrons. The van der Waals surface area contributed by atoms with Gasteiger partial charge in [-0.15, -0.1) is 16.4 Å². The Morgan fingerprint density at radius 3 is 2.53 bits per heavy atom. The maximum atomic E-state index is 12.6. The van der Waals surface area contributed by atoms with E-state index in [4.69, 9.17) is 0 Å². The van der Waals surface area contributed by atoms with E-state index >= 15 is 0 Å². The van der Waals surface area contributed by atoms with Crippen LogP contribution in [0.3, 0.4) is 0 Å². The molecule has 1 fully saturated rings. The summed E-state index contributed by atoms with van der Waals surface area (Å²) in [6.45, 7) is 2.14. The van der Waals surface area contributed by atoms with Gasteiger partial charge in [0, 0.05) is 35.2 Å². The van der Waals surface area contributed by atoms with Crippen molar-refractivity contribution in [2.24, 2.45) is 0 Å². The first-order chi connectivity index (χ1) is 14.7. The average Bonchev–Trinajstić information content (AvgIpc) is 3.45. The lowest BCUT2D eigenvalue weighted by Crippen LogP contribution is -2.18. The summed E-state index contributed by atoms with van der Waals surface area (Å²) >= 11 is 1.50. The van der Waals surface area contributed by atoms with Gasteiger partial charge in [-0.25, -0.2) is 0 Å². The maximum Gasteiger partial charge on any atom is 0.265 e. The van der Waals surface area contributed by atoms with E-state index in [1.54, 1.807) is 0 Å². The van der Waals surface area contributed by atoms with Crippen LogP contribution in [0.2, 0.25) is 0 Å². The number of fused-ring (bicyclic) bond motifs is 1. The van der Waals surface area contributed by atoms with Gasteiger partial charge in [-0.05, 0) is 54.6 Å². The highest BCUT2D eigenvalue weighted by Crippen LogP contribution is 2.27. The lowest BCUT2D eigenvalue weighted by molar-refractivity contribution is 0.103. The molecule has 0 saturated carbocycles. The van der Waals surface area contributed by atoms with Crippen LogP contribution in [0.5, 0.6) is 0 Å². The summed E-state index contributed by atoms with van der Waals surface area (Å²) in [5.74, 6) is 0.613. The van der Waals surface area contributed by atoms with Crippen molar-refractivity contribution >= 4 is 50.2 Å². The minimum atomic E-state index is -0.0962. The Kier molecular flexibility index (Phi) is 5.03. The summed E-state index contributed by atoms with van der Waals surface area (Å²) in [5, 5.41) is 15.6. The zero-order valence-electron chi connectivity index (χ0n) is 16.3. The number of amides is 1. The predicted octanol–water partition coefficient (Wildman–Crippen LogP) is 5.29. The predicted molar refractivity (Wildman–Crippen MR) is 123 cm³/mol. The largest absolute Gasteiger partial charge is 0.370 e. The van der Waals surface area contributed by atoms with E-state index in [0.29, 0.717) is 10.7 Å². The van der Waals surface area contributed by atoms with Gasteiger partial charge in [0.05, 0.1) is 16.8 Å². The van der Waals surface area contributed by atoms with Crippen molar-refractivity contribution in [1.29, 1.82) is 0 Å². The fraction of sp³-hybridized carbons (Fsp3) is 0.174. The van der Waals surface area contributed by atoms with E-state index in [1.165, 1.54) is 24.2 Å². The normalized spacial score (nSPS) is 13.5. The van der Waals surface area contributed by atoms with Gasteiger partial charge in [0.25, 0.3) is 5.91 Å². The number of thiophene rings is 1. The summed E-state index contributed by atoms with van der Waals surface area (Å²) in [6, 6.07) is 19.6. The molecule has 1 amide bonds. The van der Waals surface area contributed by atoms with Crippen LogP contribution in [0.4, 0.5) is 22.9 Å². The Morgan fingerprint density at radius 1 is 0.967 bits per heavy atom. The number of hydrogen-bond donors (Lipinski definition) is 2. The zero-order valence-corrected chi connectivity index (χ0v) is 17.2. The second-order valence-electron chi connectivity index (χ2n) is 7.30. The second-order valence-corrected chi connectivity index (χ2v) is 8.38. The van der Waals surface area contributed by atoms with Crippen LogP contribution in [0.15, 0.2) is 66.9 Å². The minimum absolute atomic E-state index is 0.0962. The molecule has 0 aliphatic carbocycles. The molecule has 1 aliphatic heterocycles. The highest BCUT2D eigenvalue weighted by atomic mass is 32.1. The molecular formula is C23H21N5OS. The third-order valence-corrected chi connectivity index (χ3v) is 6.29. The Bertz CT molecular complexity index is 1150. The first kappa shape index (κ1) is 18.6. The Labute approximate surface area is 178 Å². The van der Waals surface area contributed by atoms with Crippen LogP contribution in [0.1, 0.15) is 22.5 Å². The molecule has 1 saturated heterocycles. The summed E-state index contributed by atoms with van der Waals surface area (Å²) in [7, 11) is 0. The highest BCUT2D eigenvalue weighted by Gasteiger charge is 2.14. The fourth-order valence-corrected chi connectivity index (χ4v) is 4.60. The Balaban J connectivity index is 1.25. The molecule has 30 heavy (non-hydrogen) atoms. The number of carbonyl (C=O) groups excluding carboxylic acids is 1. The molecule has 5 rings (SSSR count). The molecule has 0 spiro atoms. The number of benzene rings is 2. The number of anilines is 4. The highest BCUT2D eigenvalue weighted by molar-refractivity contribution is 7.20. The first-order valence-corrected chi connectivity index (χ1v) is 10.8. The van der Waals surface area contributed by atoms with Crippen molar-refractivity contribution in [3.05, 3.63) is 71.7 Å². The van der Waals surface area contributed by atoms with Crippen molar-refractivity contribution < 1.29 is 4.79 Å². The number of nitrogens with one attached hydrogen (secondary N) is 2. The number of aromatic nitrogens is 2. The van der Waals surface area contributed by atoms with E-state index in [0.717, 1.165) is 40.2 Å². The Hall–Kier alpha value is -3.45. The van der Waals surface area contributed by atoms with Gasteiger partial charge < -0.3 is 15.5 Å². The van der Waals surface area contributed by atoms with Crippen LogP contribution in [-0.4, -0.2) is 29.2 Å². The topological polar surface area (TPSA) is 70.2 Å². The van der Waals surface area contributed by atoms with Crippen molar-refractivity contribution in [1.82, 2.24) is 10.2 Å². The molecule has 1 aliphatic rings. The molecule has 2 aromatic heterocycles. The number of nitrogens with zero attached hydrogens (tertiary/aromatic N) is 3. The lowest BCUT2D eigenvalue weighted by atomic mass is 10.2. The van der Waals surface area contributed by atoms with Crippen LogP contribution >= 0.6 is 11.3 Å². The number of rotatable bonds is 5. The van der Waals surface area contributed by atoms with Crippen molar-refractivity contribution in [3.8, 4) is 0 Å². The van der Waals surface area contributed by atoms with Gasteiger partial charge in [-0.2, -0.15) is 5.10 Å². The molecule has 6 nitrogen and oxygen atoms in total. The summed E-state index contributed by atoms with van der Waals surface area (Å²) in [6.07, 6.45) is 4.25. The van der Waals surface area contributed by atoms with Crippen molar-refractivity contribution in [2.75, 3.05) is 28.6 Å². The third-order valence-electron chi connectivity index (χ3n) is 5.18. The molecule has 2 aromatic carbocycles. The van der Waals surface area contributed by atoms with E-state index in [2.05, 4.69) is 25.7 Å². The second kappa shape index (κ2) is 8.12. The van der Waals surface area contributed by atoms with Gasteiger partial charge in [0.1, 0.15) is 0 Å². The van der Waals surface area contributed by atoms with Crippen molar-refractivity contribution in [3.63, 3.8) is 0 Å². The average molecular weight is 416 g/mol. The minimum Gasteiger partial charge on any atom is -0.370 e. The summed E-state index contributed by atoms with van der Waals surface area (Å²) in [5.41, 5.74) is 2.74. The van der Waals surface area contributed by atoms with Crippen LogP contribution in [0, 0.1) is 0 Å². The van der Waals surface area contributed by atoms with Crippen molar-refractivity contribution in [2.45, 2.75) is 12.8 Å². The standard InChI is InChI=1S/C23H21N5OS/c29-23(21-13-16-5-1-2-6-20(16)30-21)26-18-9-7-17(8-10-18)25-22-14-19(15-24-27-22)28-11-3-4-12-28/h1-2,5-10,13-15H,3-4,11-12H2,(H,25,27)(H,26,29). The lowest BCUT2D eigenvalue weighted by Gasteiger charge is -2.17. The third kappa shape index (κ3) is 3.97. The van der Waals surface area contributed by atoms with Gasteiger partial charge >= 0.3 is 0 Å². The van der Waals surface area contributed by atoms with Gasteiger partial charge in [0.15, 0.2) is 5.82 Å². The van der Waals surface area contributed by atoms with Crippen LogP contribution in [-0.2, 0) is 0 Å². The molecule has 7 heteroatoms. The quantitative estimate of drug-likeness (QED) is 0.464. The molecule has 0 radical (unpaired) electrons. The summed E-state index contributed by atoms with van der Waals surface area (Å²) in [4.78, 5) is 15.6. The monoisotopic (exact) mass is 415 g/mol. The zero-order chi connectivity index (χ0) is 20.3. The van der Waals surface area contributed by atoms with Gasteiger partial charge in [-0.3, -0.25) is 4.79 Å². The van der Waals surface area contributed by atoms with E-state index in [9.17, 15) is 4.79 Å². The molecule has 0 atom stereocenters. The van der Waals surface area contributed by atoms with E-state index < -0.39 is 0 Å². The molecule has 4 aromatic rings. The SMILES string of the molecule is O=C(Nc1ccc(Nc2cc(N3CCCC3)cnn2)cc1)c1cc2ccccc2s1. The molecular weight excluding hydrogens is 394 g/mol. The van der Waals surface area contributed by atoms with Gasteiger partial charge in [0.2, 0.25) is 0 Å². The van der Waals surface area contributed by atoms with Crippen LogP contribution in [0.25, 0.3) is 10.1 Å². The molecule has 0 bridgehead atoms. The molecule has 2 N–H and O–H groups in total. The van der Waals surface area contributed by atoms with Gasteiger partial charge in [-0.1, -0.05) is 18.2 Å².